The lowest BCUT2D eigenvalue weighted by Gasteiger charge is -2.36. The third-order valence-corrected chi connectivity index (χ3v) is 6.69. The monoisotopic (exact) mass is 481 g/mol. The number of carbonyl (C=O) groups is 1. The van der Waals surface area contributed by atoms with Crippen molar-refractivity contribution in [1.29, 1.82) is 0 Å². The summed E-state index contributed by atoms with van der Waals surface area (Å²) in [6.45, 7) is 4.42. The van der Waals surface area contributed by atoms with Gasteiger partial charge in [-0.1, -0.05) is 56.2 Å². The van der Waals surface area contributed by atoms with Gasteiger partial charge in [0.15, 0.2) is 5.65 Å². The Morgan fingerprint density at radius 2 is 1.94 bits per heavy atom. The predicted molar refractivity (Wildman–Crippen MR) is 144 cm³/mol. The van der Waals surface area contributed by atoms with Crippen molar-refractivity contribution in [2.24, 2.45) is 0 Å². The van der Waals surface area contributed by atoms with E-state index in [2.05, 4.69) is 22.4 Å². The molecule has 1 saturated heterocycles. The zero-order chi connectivity index (χ0) is 24.9. The Morgan fingerprint density at radius 3 is 2.72 bits per heavy atom. The van der Waals surface area contributed by atoms with Gasteiger partial charge in [-0.15, -0.1) is 0 Å². The van der Waals surface area contributed by atoms with Gasteiger partial charge >= 0.3 is 0 Å². The highest BCUT2D eigenvalue weighted by molar-refractivity contribution is 6.09. The van der Waals surface area contributed by atoms with Crippen LogP contribution in [0.3, 0.4) is 0 Å². The Morgan fingerprint density at radius 1 is 1.14 bits per heavy atom. The van der Waals surface area contributed by atoms with E-state index >= 15 is 0 Å². The van der Waals surface area contributed by atoms with E-state index in [1.54, 1.807) is 24.3 Å². The lowest BCUT2D eigenvalue weighted by Crippen LogP contribution is -2.53. The summed E-state index contributed by atoms with van der Waals surface area (Å²) in [6.07, 6.45) is 7.07. The number of rotatable bonds is 7. The third kappa shape index (κ3) is 5.02. The molecule has 2 aromatic carbocycles. The Bertz CT molecular complexity index is 1360. The minimum absolute atomic E-state index is 0.000734. The second-order valence-electron chi connectivity index (χ2n) is 9.18. The molecule has 2 aromatic heterocycles. The first-order valence-corrected chi connectivity index (χ1v) is 12.6. The number of aromatic amines is 1. The van der Waals surface area contributed by atoms with E-state index in [1.165, 1.54) is 0 Å². The fourth-order valence-electron chi connectivity index (χ4n) is 4.74. The number of piperazine rings is 1. The molecule has 7 nitrogen and oxygen atoms in total. The summed E-state index contributed by atoms with van der Waals surface area (Å²) in [4.78, 5) is 20.9. The van der Waals surface area contributed by atoms with E-state index in [4.69, 9.17) is 4.98 Å². The number of hydrogen-bond acceptors (Lipinski definition) is 5. The standard InChI is InChI=1S/C29H31N5O2/c1-2-3-9-22-19-30-16-17-34(22)29(36)24-18-26(21-11-13-23(35)14-12-21)31-28-27(24)25(32-33-28)15-10-20-7-5-4-6-8-20/h4-8,10-15,18,22,30,35H,2-3,9,16-17,19H2,1H3,(H,31,32,33)/t22-/m0/s1. The fourth-order valence-corrected chi connectivity index (χ4v) is 4.74. The van der Waals surface area contributed by atoms with Gasteiger partial charge < -0.3 is 15.3 Å². The maximum absolute atomic E-state index is 14.1. The van der Waals surface area contributed by atoms with Crippen molar-refractivity contribution < 1.29 is 9.90 Å². The first-order chi connectivity index (χ1) is 17.6. The number of aromatic hydroxyl groups is 1. The van der Waals surface area contributed by atoms with Crippen molar-refractivity contribution in [2.45, 2.75) is 32.2 Å². The van der Waals surface area contributed by atoms with Crippen LogP contribution in [0, 0.1) is 0 Å². The van der Waals surface area contributed by atoms with Crippen LogP contribution in [0.15, 0.2) is 60.7 Å². The molecule has 36 heavy (non-hydrogen) atoms. The number of carbonyl (C=O) groups excluding carboxylic acids is 1. The predicted octanol–water partition coefficient (Wildman–Crippen LogP) is 5.11. The van der Waals surface area contributed by atoms with Crippen molar-refractivity contribution >= 4 is 29.1 Å². The second-order valence-corrected chi connectivity index (χ2v) is 9.18. The molecule has 1 aliphatic rings. The molecule has 5 rings (SSSR count). The fraction of sp³-hybridized carbons (Fsp3) is 0.276. The Balaban J connectivity index is 1.61. The highest BCUT2D eigenvalue weighted by Crippen LogP contribution is 2.30. The third-order valence-electron chi connectivity index (χ3n) is 6.69. The number of hydrogen-bond donors (Lipinski definition) is 3. The average Bonchev–Trinajstić information content (AvgIpc) is 3.34. The van der Waals surface area contributed by atoms with Crippen molar-refractivity contribution in [2.75, 3.05) is 19.6 Å². The number of H-pyrrole nitrogens is 1. The molecular weight excluding hydrogens is 450 g/mol. The molecular formula is C29H31N5O2. The van der Waals surface area contributed by atoms with Crippen LogP contribution in [-0.2, 0) is 0 Å². The molecule has 1 amide bonds. The van der Waals surface area contributed by atoms with Gasteiger partial charge in [0.05, 0.1) is 22.3 Å². The quantitative estimate of drug-likeness (QED) is 0.341. The number of aromatic nitrogens is 3. The molecule has 1 fully saturated rings. The number of nitrogens with one attached hydrogen (secondary N) is 2. The minimum atomic E-state index is 0.000734. The van der Waals surface area contributed by atoms with E-state index in [-0.39, 0.29) is 17.7 Å². The molecule has 0 saturated carbocycles. The molecule has 3 N–H and O–H groups in total. The molecule has 0 spiro atoms. The molecule has 1 atom stereocenters. The van der Waals surface area contributed by atoms with Gasteiger partial charge in [0.2, 0.25) is 0 Å². The smallest absolute Gasteiger partial charge is 0.255 e. The van der Waals surface area contributed by atoms with Crippen LogP contribution >= 0.6 is 0 Å². The number of benzene rings is 2. The first-order valence-electron chi connectivity index (χ1n) is 12.6. The lowest BCUT2D eigenvalue weighted by molar-refractivity contribution is 0.0624. The minimum Gasteiger partial charge on any atom is -0.508 e. The summed E-state index contributed by atoms with van der Waals surface area (Å²) < 4.78 is 0. The zero-order valence-electron chi connectivity index (χ0n) is 20.4. The van der Waals surface area contributed by atoms with Crippen LogP contribution in [0.4, 0.5) is 0 Å². The molecule has 0 aliphatic carbocycles. The van der Waals surface area contributed by atoms with Crippen molar-refractivity contribution in [1.82, 2.24) is 25.4 Å². The zero-order valence-corrected chi connectivity index (χ0v) is 20.4. The molecule has 184 valence electrons. The van der Waals surface area contributed by atoms with Crippen LogP contribution in [0.1, 0.15) is 47.8 Å². The van der Waals surface area contributed by atoms with Gasteiger partial charge in [-0.3, -0.25) is 9.89 Å². The highest BCUT2D eigenvalue weighted by atomic mass is 16.3. The number of nitrogens with zero attached hydrogens (tertiary/aromatic N) is 3. The normalized spacial score (nSPS) is 16.1. The molecule has 3 heterocycles. The summed E-state index contributed by atoms with van der Waals surface area (Å²) in [5.41, 5.74) is 4.37. The maximum Gasteiger partial charge on any atom is 0.255 e. The molecule has 1 aliphatic heterocycles. The Kier molecular flexibility index (Phi) is 7.09. The first kappa shape index (κ1) is 23.8. The Hall–Kier alpha value is -3.97. The molecule has 0 radical (unpaired) electrons. The van der Waals surface area contributed by atoms with Gasteiger partial charge in [-0.2, -0.15) is 5.10 Å². The molecule has 7 heteroatoms. The van der Waals surface area contributed by atoms with Crippen LogP contribution in [0.2, 0.25) is 0 Å². The number of phenolic OH excluding ortho intramolecular Hbond substituents is 1. The van der Waals surface area contributed by atoms with Crippen molar-refractivity contribution in [3.63, 3.8) is 0 Å². The average molecular weight is 482 g/mol. The van der Waals surface area contributed by atoms with E-state index in [0.29, 0.717) is 29.1 Å². The topological polar surface area (TPSA) is 94.1 Å². The van der Waals surface area contributed by atoms with Crippen LogP contribution < -0.4 is 5.32 Å². The van der Waals surface area contributed by atoms with Crippen molar-refractivity contribution in [3.05, 3.63) is 77.5 Å². The van der Waals surface area contributed by atoms with Crippen LogP contribution in [0.5, 0.6) is 5.75 Å². The number of amides is 1. The number of unbranched alkanes of at least 4 members (excludes halogenated alkanes) is 1. The summed E-state index contributed by atoms with van der Waals surface area (Å²) in [7, 11) is 0. The summed E-state index contributed by atoms with van der Waals surface area (Å²) >= 11 is 0. The van der Waals surface area contributed by atoms with Gasteiger partial charge in [0.25, 0.3) is 5.91 Å². The number of phenols is 1. The van der Waals surface area contributed by atoms with Gasteiger partial charge in [-0.05, 0) is 48.4 Å². The van der Waals surface area contributed by atoms with Gasteiger partial charge in [-0.25, -0.2) is 4.98 Å². The lowest BCUT2D eigenvalue weighted by atomic mass is 10.0. The van der Waals surface area contributed by atoms with Gasteiger partial charge in [0.1, 0.15) is 5.75 Å². The SMILES string of the molecule is CCCC[C@H]1CNCCN1C(=O)c1cc(-c2ccc(O)cc2)nc2[nH]nc(C=Cc3ccccc3)c12. The number of fused-ring (bicyclic) bond motifs is 1. The largest absolute Gasteiger partial charge is 0.508 e. The van der Waals surface area contributed by atoms with Crippen LogP contribution in [-0.4, -0.2) is 56.8 Å². The maximum atomic E-state index is 14.1. The van der Waals surface area contributed by atoms with Gasteiger partial charge in [0, 0.05) is 31.2 Å². The Labute approximate surface area is 210 Å². The van der Waals surface area contributed by atoms with E-state index < -0.39 is 0 Å². The number of pyridine rings is 1. The van der Waals surface area contributed by atoms with E-state index in [0.717, 1.165) is 48.9 Å². The van der Waals surface area contributed by atoms with E-state index in [1.807, 2.05) is 53.5 Å². The van der Waals surface area contributed by atoms with Crippen LogP contribution in [0.25, 0.3) is 34.4 Å². The van der Waals surface area contributed by atoms with Crippen molar-refractivity contribution in [3.8, 4) is 17.0 Å². The summed E-state index contributed by atoms with van der Waals surface area (Å²) in [5, 5.41) is 21.5. The molecule has 0 unspecified atom stereocenters. The summed E-state index contributed by atoms with van der Waals surface area (Å²) in [5.74, 6) is 0.186. The van der Waals surface area contributed by atoms with E-state index in [9.17, 15) is 9.90 Å². The second kappa shape index (κ2) is 10.7. The summed E-state index contributed by atoms with van der Waals surface area (Å²) in [6, 6.07) is 18.9. The highest BCUT2D eigenvalue weighted by Gasteiger charge is 2.29. The molecule has 0 bridgehead atoms. The molecule has 4 aromatic rings.